The molecule has 9 heteroatoms. The van der Waals surface area contributed by atoms with Crippen LogP contribution in [-0.2, 0) is 0 Å². The fourth-order valence-corrected chi connectivity index (χ4v) is 1.02. The van der Waals surface area contributed by atoms with Crippen molar-refractivity contribution in [3.63, 3.8) is 0 Å². The Kier molecular flexibility index (Phi) is 3.94. The van der Waals surface area contributed by atoms with Crippen LogP contribution in [0.15, 0.2) is 18.2 Å². The fraction of sp³-hybridized carbons (Fsp3) is 0.250. The molecule has 0 atom stereocenters. The van der Waals surface area contributed by atoms with Gasteiger partial charge in [0.05, 0.1) is 5.69 Å². The number of alkyl halides is 5. The number of hydrogen-bond acceptors (Lipinski definition) is 4. The Labute approximate surface area is 92.1 Å². The number of nitrogen functional groups attached to an aromatic ring is 1. The second kappa shape index (κ2) is 5.04. The van der Waals surface area contributed by atoms with Gasteiger partial charge in [0.1, 0.15) is 11.5 Å². The minimum absolute atomic E-state index is 0.0672. The lowest BCUT2D eigenvalue weighted by atomic mass is 10.3. The Hall–Kier alpha value is -1.77. The standard InChI is InChI=1S/C8H7F5N2O2/c9-7(10)16-5-1-4(15-14)2-6(3-5)17-8(11,12)13/h1-3,7,15H,14H2. The number of nitrogens with one attached hydrogen (secondary N) is 1. The van der Waals surface area contributed by atoms with E-state index in [9.17, 15) is 22.0 Å². The van der Waals surface area contributed by atoms with E-state index in [0.717, 1.165) is 12.1 Å². The summed E-state index contributed by atoms with van der Waals surface area (Å²) in [7, 11) is 0. The van der Waals surface area contributed by atoms with Crippen LogP contribution < -0.4 is 20.7 Å². The molecule has 1 aromatic rings. The van der Waals surface area contributed by atoms with Gasteiger partial charge in [0.15, 0.2) is 0 Å². The van der Waals surface area contributed by atoms with Crippen molar-refractivity contribution in [1.29, 1.82) is 0 Å². The van der Waals surface area contributed by atoms with Gasteiger partial charge in [-0.05, 0) is 0 Å². The molecule has 4 nitrogen and oxygen atoms in total. The zero-order chi connectivity index (χ0) is 13.1. The van der Waals surface area contributed by atoms with E-state index in [4.69, 9.17) is 5.84 Å². The number of nitrogens with two attached hydrogens (primary N) is 1. The first-order valence-corrected chi connectivity index (χ1v) is 4.12. The molecule has 0 fully saturated rings. The number of anilines is 1. The van der Waals surface area contributed by atoms with Crippen LogP contribution in [0.25, 0.3) is 0 Å². The van der Waals surface area contributed by atoms with E-state index in [1.165, 1.54) is 0 Å². The molecule has 0 unspecified atom stereocenters. The molecule has 3 N–H and O–H groups in total. The van der Waals surface area contributed by atoms with Crippen molar-refractivity contribution in [2.75, 3.05) is 5.43 Å². The summed E-state index contributed by atoms with van der Waals surface area (Å²) in [5.41, 5.74) is 1.93. The van der Waals surface area contributed by atoms with Crippen molar-refractivity contribution in [2.24, 2.45) is 5.84 Å². The molecule has 0 spiro atoms. The molecule has 0 aliphatic rings. The van der Waals surface area contributed by atoms with Gasteiger partial charge >= 0.3 is 13.0 Å². The minimum Gasteiger partial charge on any atom is -0.435 e. The van der Waals surface area contributed by atoms with Crippen molar-refractivity contribution in [3.05, 3.63) is 18.2 Å². The van der Waals surface area contributed by atoms with Crippen LogP contribution in [0.4, 0.5) is 27.6 Å². The third-order valence-corrected chi connectivity index (χ3v) is 1.51. The van der Waals surface area contributed by atoms with Gasteiger partial charge in [-0.1, -0.05) is 0 Å². The second-order valence-electron chi connectivity index (χ2n) is 2.76. The average molecular weight is 258 g/mol. The number of hydrogen-bond donors (Lipinski definition) is 2. The predicted molar refractivity (Wildman–Crippen MR) is 47.6 cm³/mol. The fourth-order valence-electron chi connectivity index (χ4n) is 1.02. The first-order valence-electron chi connectivity index (χ1n) is 4.12. The Morgan fingerprint density at radius 1 is 1.12 bits per heavy atom. The summed E-state index contributed by atoms with van der Waals surface area (Å²) in [5.74, 6) is 3.73. The Morgan fingerprint density at radius 3 is 2.18 bits per heavy atom. The topological polar surface area (TPSA) is 56.5 Å². The minimum atomic E-state index is -4.94. The summed E-state index contributed by atoms with van der Waals surface area (Å²) in [6.45, 7) is -3.17. The third kappa shape index (κ3) is 4.72. The lowest BCUT2D eigenvalue weighted by molar-refractivity contribution is -0.274. The molecule has 0 radical (unpaired) electrons. The molecule has 0 bridgehead atoms. The molecule has 0 amide bonds. The highest BCUT2D eigenvalue weighted by Crippen LogP contribution is 2.30. The second-order valence-corrected chi connectivity index (χ2v) is 2.76. The molecule has 0 aliphatic carbocycles. The monoisotopic (exact) mass is 258 g/mol. The van der Waals surface area contributed by atoms with E-state index < -0.39 is 24.5 Å². The summed E-state index contributed by atoms with van der Waals surface area (Å²) in [6.07, 6.45) is -4.94. The van der Waals surface area contributed by atoms with Crippen molar-refractivity contribution in [2.45, 2.75) is 13.0 Å². The van der Waals surface area contributed by atoms with Gasteiger partial charge in [-0.2, -0.15) is 8.78 Å². The highest BCUT2D eigenvalue weighted by Gasteiger charge is 2.31. The summed E-state index contributed by atoms with van der Waals surface area (Å²) >= 11 is 0. The number of halogens is 5. The molecule has 96 valence electrons. The Morgan fingerprint density at radius 2 is 1.71 bits per heavy atom. The number of ether oxygens (including phenoxy) is 2. The van der Waals surface area contributed by atoms with E-state index in [2.05, 4.69) is 9.47 Å². The van der Waals surface area contributed by atoms with E-state index >= 15 is 0 Å². The summed E-state index contributed by atoms with van der Waals surface area (Å²) in [5, 5.41) is 0. The zero-order valence-electron chi connectivity index (χ0n) is 8.09. The highest BCUT2D eigenvalue weighted by molar-refractivity contribution is 5.53. The first kappa shape index (κ1) is 13.3. The van der Waals surface area contributed by atoms with E-state index in [0.29, 0.717) is 6.07 Å². The number of rotatable bonds is 4. The van der Waals surface area contributed by atoms with E-state index in [-0.39, 0.29) is 5.69 Å². The van der Waals surface area contributed by atoms with Gasteiger partial charge in [-0.3, -0.25) is 5.84 Å². The maximum absolute atomic E-state index is 11.9. The van der Waals surface area contributed by atoms with Crippen molar-refractivity contribution < 1.29 is 31.4 Å². The summed E-state index contributed by atoms with van der Waals surface area (Å²) in [6, 6.07) is 2.54. The van der Waals surface area contributed by atoms with Gasteiger partial charge in [0.2, 0.25) is 0 Å². The maximum Gasteiger partial charge on any atom is 0.573 e. The van der Waals surface area contributed by atoms with Crippen LogP contribution in [0.3, 0.4) is 0 Å². The smallest absolute Gasteiger partial charge is 0.435 e. The van der Waals surface area contributed by atoms with Gasteiger partial charge in [-0.25, -0.2) is 0 Å². The van der Waals surface area contributed by atoms with Crippen molar-refractivity contribution in [3.8, 4) is 11.5 Å². The molecule has 0 aromatic heterocycles. The molecular formula is C8H7F5N2O2. The summed E-state index contributed by atoms with van der Waals surface area (Å²) in [4.78, 5) is 0. The van der Waals surface area contributed by atoms with Gasteiger partial charge in [0.25, 0.3) is 0 Å². The Balaban J connectivity index is 2.97. The number of benzene rings is 1. The van der Waals surface area contributed by atoms with Crippen LogP contribution in [0.5, 0.6) is 11.5 Å². The quantitative estimate of drug-likeness (QED) is 0.495. The van der Waals surface area contributed by atoms with Crippen LogP contribution in [-0.4, -0.2) is 13.0 Å². The Bertz CT molecular complexity index is 383. The molecule has 0 heterocycles. The summed E-state index contributed by atoms with van der Waals surface area (Å²) < 4.78 is 67.0. The predicted octanol–water partition coefficient (Wildman–Crippen LogP) is 2.47. The van der Waals surface area contributed by atoms with Crippen LogP contribution >= 0.6 is 0 Å². The molecule has 0 saturated carbocycles. The van der Waals surface area contributed by atoms with Gasteiger partial charge in [-0.15, -0.1) is 13.2 Å². The normalized spacial score (nSPS) is 11.5. The molecule has 1 rings (SSSR count). The van der Waals surface area contributed by atoms with Gasteiger partial charge in [0, 0.05) is 18.2 Å². The van der Waals surface area contributed by atoms with Crippen LogP contribution in [0.2, 0.25) is 0 Å². The SMILES string of the molecule is NNc1cc(OC(F)F)cc(OC(F)(F)F)c1. The number of hydrazine groups is 1. The largest absolute Gasteiger partial charge is 0.573 e. The van der Waals surface area contributed by atoms with Crippen molar-refractivity contribution in [1.82, 2.24) is 0 Å². The lowest BCUT2D eigenvalue weighted by Crippen LogP contribution is -2.17. The molecule has 0 saturated heterocycles. The van der Waals surface area contributed by atoms with Crippen molar-refractivity contribution >= 4 is 5.69 Å². The zero-order valence-corrected chi connectivity index (χ0v) is 8.09. The molecular weight excluding hydrogens is 251 g/mol. The molecule has 1 aromatic carbocycles. The highest BCUT2D eigenvalue weighted by atomic mass is 19.4. The first-order chi connectivity index (χ1) is 7.80. The maximum atomic E-state index is 11.9. The third-order valence-electron chi connectivity index (χ3n) is 1.51. The molecule has 0 aliphatic heterocycles. The average Bonchev–Trinajstić information content (AvgIpc) is 2.13. The van der Waals surface area contributed by atoms with Crippen LogP contribution in [0, 0.1) is 0 Å². The molecule has 17 heavy (non-hydrogen) atoms. The van der Waals surface area contributed by atoms with Crippen LogP contribution in [0.1, 0.15) is 0 Å². The van der Waals surface area contributed by atoms with E-state index in [1.54, 1.807) is 0 Å². The lowest BCUT2D eigenvalue weighted by Gasteiger charge is -2.12. The van der Waals surface area contributed by atoms with E-state index in [1.807, 2.05) is 5.43 Å². The van der Waals surface area contributed by atoms with Gasteiger partial charge < -0.3 is 14.9 Å².